The van der Waals surface area contributed by atoms with Crippen molar-refractivity contribution in [1.82, 2.24) is 9.78 Å². The van der Waals surface area contributed by atoms with Crippen LogP contribution >= 0.6 is 23.2 Å². The quantitative estimate of drug-likeness (QED) is 0.860. The molecular weight excluding hydrogens is 287 g/mol. The summed E-state index contributed by atoms with van der Waals surface area (Å²) in [5.74, 6) is 0.340. The first-order chi connectivity index (χ1) is 8.99. The average Bonchev–Trinajstić information content (AvgIpc) is 2.82. The first-order valence-electron chi connectivity index (χ1n) is 5.65. The normalized spacial score (nSPS) is 12.2. The monoisotopic (exact) mass is 298 g/mol. The lowest BCUT2D eigenvalue weighted by molar-refractivity contribution is 0.0904. The van der Waals surface area contributed by atoms with Crippen molar-refractivity contribution >= 4 is 29.1 Å². The van der Waals surface area contributed by atoms with Crippen molar-refractivity contribution in [3.63, 3.8) is 0 Å². The first-order valence-corrected chi connectivity index (χ1v) is 6.41. The van der Waals surface area contributed by atoms with Gasteiger partial charge < -0.3 is 4.74 Å². The highest BCUT2D eigenvalue weighted by atomic mass is 35.5. The van der Waals surface area contributed by atoms with Crippen LogP contribution < -0.4 is 4.74 Å². The molecule has 0 spiro atoms. The number of hydrogen-bond donors (Lipinski definition) is 0. The van der Waals surface area contributed by atoms with E-state index in [1.54, 1.807) is 30.5 Å². The molecule has 1 atom stereocenters. The number of hydrogen-bond acceptors (Lipinski definition) is 3. The molecule has 1 heterocycles. The molecule has 2 aromatic rings. The summed E-state index contributed by atoms with van der Waals surface area (Å²) >= 11 is 11.9. The van der Waals surface area contributed by atoms with Gasteiger partial charge in [0, 0.05) is 18.1 Å². The molecule has 1 aromatic heterocycles. The van der Waals surface area contributed by atoms with Crippen LogP contribution in [-0.2, 0) is 0 Å². The summed E-state index contributed by atoms with van der Waals surface area (Å²) in [6, 6.07) is 6.72. The van der Waals surface area contributed by atoms with Gasteiger partial charge in [-0.3, -0.25) is 4.79 Å². The number of benzene rings is 1. The third-order valence-electron chi connectivity index (χ3n) is 2.58. The molecule has 0 unspecified atom stereocenters. The van der Waals surface area contributed by atoms with E-state index >= 15 is 0 Å². The summed E-state index contributed by atoms with van der Waals surface area (Å²) in [7, 11) is 0. The van der Waals surface area contributed by atoms with Crippen LogP contribution in [-0.4, -0.2) is 15.7 Å². The van der Waals surface area contributed by atoms with Crippen LogP contribution in [0.5, 0.6) is 5.75 Å². The maximum atomic E-state index is 11.4. The van der Waals surface area contributed by atoms with Gasteiger partial charge in [-0.15, -0.1) is 0 Å². The second kappa shape index (κ2) is 5.63. The van der Waals surface area contributed by atoms with Gasteiger partial charge in [0.2, 0.25) is 5.91 Å². The Morgan fingerprint density at radius 1 is 1.37 bits per heavy atom. The lowest BCUT2D eigenvalue weighted by Crippen LogP contribution is -2.16. The van der Waals surface area contributed by atoms with Gasteiger partial charge >= 0.3 is 0 Å². The van der Waals surface area contributed by atoms with Crippen LogP contribution in [0.1, 0.15) is 30.4 Å². The summed E-state index contributed by atoms with van der Waals surface area (Å²) in [5.41, 5.74) is 0.665. The van der Waals surface area contributed by atoms with Gasteiger partial charge in [-0.05, 0) is 31.2 Å². The number of carbonyl (C=O) groups excluding carboxylic acids is 1. The summed E-state index contributed by atoms with van der Waals surface area (Å²) in [5, 5.41) is 4.91. The van der Waals surface area contributed by atoms with Gasteiger partial charge in [-0.1, -0.05) is 23.2 Å². The minimum absolute atomic E-state index is 0.169. The SMILES string of the molecule is CC(=O)n1nccc1[C@H](C)Oc1ccc(Cl)cc1Cl. The molecule has 19 heavy (non-hydrogen) atoms. The average molecular weight is 299 g/mol. The molecule has 1 aromatic carbocycles. The van der Waals surface area contributed by atoms with Gasteiger partial charge in [0.25, 0.3) is 0 Å². The summed E-state index contributed by atoms with van der Waals surface area (Å²) in [6.07, 6.45) is 1.20. The zero-order valence-electron chi connectivity index (χ0n) is 10.4. The second-order valence-electron chi connectivity index (χ2n) is 4.02. The lowest BCUT2D eigenvalue weighted by atomic mass is 10.2. The predicted molar refractivity (Wildman–Crippen MR) is 74.0 cm³/mol. The molecule has 100 valence electrons. The third kappa shape index (κ3) is 3.08. The fourth-order valence-corrected chi connectivity index (χ4v) is 2.16. The van der Waals surface area contributed by atoms with Crippen molar-refractivity contribution < 1.29 is 9.53 Å². The van der Waals surface area contributed by atoms with E-state index in [1.807, 2.05) is 6.92 Å². The number of nitrogens with zero attached hydrogens (tertiary/aromatic N) is 2. The molecule has 4 nitrogen and oxygen atoms in total. The summed E-state index contributed by atoms with van der Waals surface area (Å²) in [4.78, 5) is 11.4. The zero-order chi connectivity index (χ0) is 14.0. The number of halogens is 2. The van der Waals surface area contributed by atoms with Crippen molar-refractivity contribution in [2.45, 2.75) is 20.0 Å². The minimum Gasteiger partial charge on any atom is -0.483 e. The van der Waals surface area contributed by atoms with E-state index in [2.05, 4.69) is 5.10 Å². The standard InChI is InChI=1S/C13H12Cl2N2O2/c1-8(12-5-6-16-17(12)9(2)18)19-13-4-3-10(14)7-11(13)15/h3-8H,1-2H3/t8-/m0/s1. The maximum Gasteiger partial charge on any atom is 0.244 e. The topological polar surface area (TPSA) is 44.1 Å². The number of rotatable bonds is 3. The van der Waals surface area contributed by atoms with Gasteiger partial charge in [0.15, 0.2) is 0 Å². The Morgan fingerprint density at radius 2 is 2.11 bits per heavy atom. The number of ether oxygens (including phenoxy) is 1. The highest BCUT2D eigenvalue weighted by Crippen LogP contribution is 2.31. The molecule has 0 saturated heterocycles. The maximum absolute atomic E-state index is 11.4. The van der Waals surface area contributed by atoms with Crippen molar-refractivity contribution in [2.75, 3.05) is 0 Å². The Hall–Kier alpha value is -1.52. The summed E-state index contributed by atoms with van der Waals surface area (Å²) in [6.45, 7) is 3.26. The van der Waals surface area contributed by atoms with E-state index in [9.17, 15) is 4.79 Å². The van der Waals surface area contributed by atoms with E-state index < -0.39 is 0 Å². The van der Waals surface area contributed by atoms with E-state index in [-0.39, 0.29) is 12.0 Å². The summed E-state index contributed by atoms with van der Waals surface area (Å²) < 4.78 is 7.03. The molecule has 6 heteroatoms. The molecule has 0 bridgehead atoms. The van der Waals surface area contributed by atoms with Gasteiger partial charge in [-0.2, -0.15) is 5.10 Å². The van der Waals surface area contributed by atoms with Crippen LogP contribution in [0.2, 0.25) is 10.0 Å². The molecule has 0 aliphatic rings. The van der Waals surface area contributed by atoms with E-state index in [1.165, 1.54) is 11.6 Å². The molecule has 0 N–H and O–H groups in total. The molecule has 2 rings (SSSR count). The van der Waals surface area contributed by atoms with Crippen LogP contribution in [0.4, 0.5) is 0 Å². The molecule has 0 amide bonds. The smallest absolute Gasteiger partial charge is 0.244 e. The first kappa shape index (κ1) is 13.9. The largest absolute Gasteiger partial charge is 0.483 e. The Kier molecular flexibility index (Phi) is 4.12. The molecule has 0 aliphatic heterocycles. The van der Waals surface area contributed by atoms with Crippen LogP contribution in [0.3, 0.4) is 0 Å². The van der Waals surface area contributed by atoms with E-state index in [0.717, 1.165) is 0 Å². The van der Waals surface area contributed by atoms with Crippen molar-refractivity contribution in [3.8, 4) is 5.75 Å². The van der Waals surface area contributed by atoms with Crippen molar-refractivity contribution in [1.29, 1.82) is 0 Å². The fourth-order valence-electron chi connectivity index (χ4n) is 1.71. The van der Waals surface area contributed by atoms with Crippen LogP contribution in [0.15, 0.2) is 30.5 Å². The van der Waals surface area contributed by atoms with E-state index in [0.29, 0.717) is 21.5 Å². The molecule has 0 saturated carbocycles. The Bertz CT molecular complexity index is 610. The van der Waals surface area contributed by atoms with Gasteiger partial charge in [-0.25, -0.2) is 4.68 Å². The third-order valence-corrected chi connectivity index (χ3v) is 3.11. The fraction of sp³-hybridized carbons (Fsp3) is 0.231. The zero-order valence-corrected chi connectivity index (χ0v) is 11.9. The molecule has 0 radical (unpaired) electrons. The Balaban J connectivity index is 2.23. The van der Waals surface area contributed by atoms with Gasteiger partial charge in [0.05, 0.1) is 10.7 Å². The van der Waals surface area contributed by atoms with Crippen molar-refractivity contribution in [2.24, 2.45) is 0 Å². The second-order valence-corrected chi connectivity index (χ2v) is 4.87. The van der Waals surface area contributed by atoms with Crippen LogP contribution in [0, 0.1) is 0 Å². The molecule has 0 aliphatic carbocycles. The van der Waals surface area contributed by atoms with Crippen LogP contribution in [0.25, 0.3) is 0 Å². The Morgan fingerprint density at radius 3 is 2.74 bits per heavy atom. The van der Waals surface area contributed by atoms with Gasteiger partial charge in [0.1, 0.15) is 11.9 Å². The number of carbonyl (C=O) groups is 1. The highest BCUT2D eigenvalue weighted by Gasteiger charge is 2.16. The predicted octanol–water partition coefficient (Wildman–Crippen LogP) is 3.99. The molecule has 0 fully saturated rings. The number of aromatic nitrogens is 2. The highest BCUT2D eigenvalue weighted by molar-refractivity contribution is 6.35. The Labute approximate surface area is 120 Å². The van der Waals surface area contributed by atoms with Crippen molar-refractivity contribution in [3.05, 3.63) is 46.2 Å². The van der Waals surface area contributed by atoms with E-state index in [4.69, 9.17) is 27.9 Å². The lowest BCUT2D eigenvalue weighted by Gasteiger charge is -2.16. The molecular formula is C13H12Cl2N2O2. The minimum atomic E-state index is -0.356.